The predicted octanol–water partition coefficient (Wildman–Crippen LogP) is 22.1. The van der Waals surface area contributed by atoms with Crippen molar-refractivity contribution in [3.05, 3.63) is 107 Å². The average molecular weight is 1380 g/mol. The van der Waals surface area contributed by atoms with Gasteiger partial charge in [-0.25, -0.2) is 0 Å². The molecule has 0 N–H and O–H groups in total. The Bertz CT molecular complexity index is 2650. The molecule has 0 bridgehead atoms. The molecule has 0 aliphatic heterocycles. The Hall–Kier alpha value is -0.837. The molecule has 482 valence electrons. The molecule has 0 atom stereocenters. The highest BCUT2D eigenvalue weighted by atomic mass is 28.5. The molecule has 6 rings (SSSR count). The first kappa shape index (κ1) is 74.2. The number of rotatable bonds is 33. The molecule has 2 aliphatic carbocycles. The normalized spacial score (nSPS) is 16.1. The Morgan fingerprint density at radius 3 is 0.709 bits per heavy atom. The van der Waals surface area contributed by atoms with E-state index in [-0.39, 0.29) is 10.8 Å². The fourth-order valence-electron chi connectivity index (χ4n) is 15.8. The van der Waals surface area contributed by atoms with Gasteiger partial charge in [0.15, 0.2) is 66.5 Å². The zero-order valence-electron chi connectivity index (χ0n) is 59.8. The Morgan fingerprint density at radius 1 is 0.256 bits per heavy atom. The molecule has 0 aromatic heterocycles. The summed E-state index contributed by atoms with van der Waals surface area (Å²) in [7, 11) is -24.8. The van der Waals surface area contributed by atoms with Gasteiger partial charge in [0.2, 0.25) is 0 Å². The van der Waals surface area contributed by atoms with Crippen molar-refractivity contribution in [3.8, 4) is 33.4 Å². The van der Waals surface area contributed by atoms with Crippen molar-refractivity contribution >= 4 is 101 Å². The molecule has 86 heavy (non-hydrogen) atoms. The van der Waals surface area contributed by atoms with E-state index in [2.05, 4.69) is 268 Å². The van der Waals surface area contributed by atoms with Gasteiger partial charge in [-0.05, 0) is 301 Å². The van der Waals surface area contributed by atoms with Gasteiger partial charge in [0, 0.05) is 10.8 Å². The van der Waals surface area contributed by atoms with Crippen LogP contribution in [0.4, 0.5) is 0 Å². The lowest BCUT2D eigenvalue weighted by Gasteiger charge is -2.39. The summed E-state index contributed by atoms with van der Waals surface area (Å²) in [4.78, 5) is 0. The highest BCUT2D eigenvalue weighted by Gasteiger charge is 2.48. The molecule has 8 nitrogen and oxygen atoms in total. The van der Waals surface area contributed by atoms with Crippen molar-refractivity contribution < 1.29 is 32.9 Å². The summed E-state index contributed by atoms with van der Waals surface area (Å²) in [6.45, 7) is 65.3. The minimum absolute atomic E-state index is 0.163. The third-order valence-electron chi connectivity index (χ3n) is 16.7. The summed E-state index contributed by atoms with van der Waals surface area (Å²) in [6, 6.07) is 38.4. The van der Waals surface area contributed by atoms with Gasteiger partial charge in [-0.15, -0.1) is 0 Å². The molecule has 4 aromatic carbocycles. The predicted molar refractivity (Wildman–Crippen MR) is 402 cm³/mol. The summed E-state index contributed by atoms with van der Waals surface area (Å²) in [5.74, 6) is 0. The Balaban J connectivity index is 1.45. The van der Waals surface area contributed by atoms with Crippen molar-refractivity contribution in [1.29, 1.82) is 0 Å². The van der Waals surface area contributed by atoms with Crippen LogP contribution in [0.5, 0.6) is 0 Å². The maximum absolute atomic E-state index is 7.21. The highest BCUT2D eigenvalue weighted by Crippen LogP contribution is 2.58. The monoisotopic (exact) mass is 1380 g/mol. The molecule has 0 radical (unpaired) electrons. The van der Waals surface area contributed by atoms with E-state index in [1.807, 2.05) is 0 Å². The van der Waals surface area contributed by atoms with Crippen LogP contribution in [0.3, 0.4) is 0 Å². The zero-order valence-corrected chi connectivity index (χ0v) is 71.8. The molecular formula is C66H122O8Si12. The topological polar surface area (TPSA) is 73.8 Å². The highest BCUT2D eigenvalue weighted by molar-refractivity contribution is 6.90. The van der Waals surface area contributed by atoms with Gasteiger partial charge >= 0.3 is 34.2 Å². The van der Waals surface area contributed by atoms with Crippen LogP contribution in [0.2, 0.25) is 207 Å². The van der Waals surface area contributed by atoms with E-state index in [0.29, 0.717) is 0 Å². The summed E-state index contributed by atoms with van der Waals surface area (Å²) < 4.78 is 56.1. The molecule has 20 heteroatoms. The third-order valence-corrected chi connectivity index (χ3v) is 57.3. The van der Waals surface area contributed by atoms with Crippen LogP contribution in [0.25, 0.3) is 33.4 Å². The molecule has 4 aromatic rings. The van der Waals surface area contributed by atoms with E-state index in [1.54, 1.807) is 0 Å². The molecule has 0 heterocycles. The SMILES string of the molecule is C[Si](C)(C)O[Si](C)(C)O[Si](C)(C)CCCC1(CCC[Si](C)(C)O[Si](C)(C)O[Si](C)(C)C)c2ccccc2-c2ccc(-c3ccc4c(c3)C(CCC[Si](C)(C)O[Si](C)(C)O[Si](C)(C)C)(CCC[Si](C)(C)O[Si](C)(C)O[Si](C)(C)C)c3ccccc3-4)cc21. The first-order valence-corrected chi connectivity index (χ1v) is 70.3. The van der Waals surface area contributed by atoms with Gasteiger partial charge in [-0.1, -0.05) is 98.5 Å². The minimum atomic E-state index is -2.32. The fourth-order valence-corrected chi connectivity index (χ4v) is 68.6. The summed E-state index contributed by atoms with van der Waals surface area (Å²) in [6.07, 6.45) is 8.68. The van der Waals surface area contributed by atoms with Crippen molar-refractivity contribution in [2.75, 3.05) is 0 Å². The second-order valence-electron chi connectivity index (χ2n) is 34.1. The Kier molecular flexibility index (Phi) is 23.2. The number of hydrogen-bond acceptors (Lipinski definition) is 8. The zero-order chi connectivity index (χ0) is 64.8. The van der Waals surface area contributed by atoms with Gasteiger partial charge in [-0.2, -0.15) is 0 Å². The van der Waals surface area contributed by atoms with Crippen molar-refractivity contribution in [2.24, 2.45) is 0 Å². The van der Waals surface area contributed by atoms with E-state index >= 15 is 0 Å². The van der Waals surface area contributed by atoms with E-state index in [0.717, 1.165) is 75.5 Å². The molecule has 0 saturated carbocycles. The van der Waals surface area contributed by atoms with Crippen molar-refractivity contribution in [1.82, 2.24) is 0 Å². The maximum atomic E-state index is 7.21. The molecule has 0 saturated heterocycles. The number of hydrogen-bond donors (Lipinski definition) is 0. The maximum Gasteiger partial charge on any atom is 0.311 e. The smallest absolute Gasteiger partial charge is 0.311 e. The largest absolute Gasteiger partial charge is 0.437 e. The van der Waals surface area contributed by atoms with E-state index < -0.39 is 101 Å². The van der Waals surface area contributed by atoms with E-state index in [1.165, 1.54) is 55.6 Å². The van der Waals surface area contributed by atoms with Crippen LogP contribution >= 0.6 is 0 Å². The molecule has 2 aliphatic rings. The fraction of sp³-hybridized carbons (Fsp3) is 0.636. The second kappa shape index (κ2) is 26.9. The molecule has 0 unspecified atom stereocenters. The lowest BCUT2D eigenvalue weighted by Crippen LogP contribution is -2.51. The number of benzene rings is 4. The average Bonchev–Trinajstić information content (AvgIpc) is 1.58. The quantitative estimate of drug-likeness (QED) is 0.0437. The van der Waals surface area contributed by atoms with Crippen LogP contribution in [-0.2, 0) is 43.8 Å². The van der Waals surface area contributed by atoms with E-state index in [4.69, 9.17) is 32.9 Å². The van der Waals surface area contributed by atoms with Crippen LogP contribution in [0.15, 0.2) is 84.9 Å². The van der Waals surface area contributed by atoms with Gasteiger partial charge in [0.1, 0.15) is 0 Å². The van der Waals surface area contributed by atoms with Crippen LogP contribution in [0, 0.1) is 0 Å². The van der Waals surface area contributed by atoms with Crippen LogP contribution < -0.4 is 0 Å². The van der Waals surface area contributed by atoms with Crippen LogP contribution in [-0.4, -0.2) is 101 Å². The van der Waals surface area contributed by atoms with Crippen LogP contribution in [0.1, 0.15) is 73.6 Å². The summed E-state index contributed by atoms with van der Waals surface area (Å²) in [5.41, 5.74) is 13.9. The summed E-state index contributed by atoms with van der Waals surface area (Å²) >= 11 is 0. The minimum Gasteiger partial charge on any atom is -0.437 e. The lowest BCUT2D eigenvalue weighted by molar-refractivity contribution is 0.379. The lowest BCUT2D eigenvalue weighted by atomic mass is 9.70. The van der Waals surface area contributed by atoms with Crippen molar-refractivity contribution in [2.45, 2.75) is 270 Å². The van der Waals surface area contributed by atoms with Gasteiger partial charge in [0.25, 0.3) is 0 Å². The number of fused-ring (bicyclic) bond motifs is 6. The Labute approximate surface area is 539 Å². The molecule has 0 spiro atoms. The van der Waals surface area contributed by atoms with Crippen molar-refractivity contribution in [3.63, 3.8) is 0 Å². The van der Waals surface area contributed by atoms with Gasteiger partial charge in [0.05, 0.1) is 0 Å². The van der Waals surface area contributed by atoms with E-state index in [9.17, 15) is 0 Å². The molecule has 0 fully saturated rings. The first-order valence-electron chi connectivity index (χ1n) is 33.0. The second-order valence-corrected chi connectivity index (χ2v) is 84.8. The third kappa shape index (κ3) is 21.1. The Morgan fingerprint density at radius 2 is 0.477 bits per heavy atom. The van der Waals surface area contributed by atoms with Gasteiger partial charge < -0.3 is 32.9 Å². The summed E-state index contributed by atoms with van der Waals surface area (Å²) in [5, 5.41) is 0. The molecule has 0 amide bonds. The van der Waals surface area contributed by atoms with Gasteiger partial charge in [-0.3, -0.25) is 0 Å². The standard InChI is InChI=1S/C66H122O8Si12/c1-75(2,3)67-83(21,22)71-79(13,14)49-33-45-65(46-34-50-80(15,16)72-84(23,24)68-76(4,5)6)61-39-31-29-37-57(61)59-43-41-55(53-63(59)65)56-42-44-60-58-38-30-32-40-62(58)66(64(60)54-56,47-35-51-81(17,18)73-85(25,26)69-77(7,8)9)48-36-52-82(19,20)74-86(27,28)70-78(10,11)12/h29-32,37-44,53-54H,33-36,45-52H2,1-28H3. The first-order chi connectivity index (χ1) is 38.9. The molecular weight excluding hydrogens is 1260 g/mol.